The Morgan fingerprint density at radius 2 is 1.81 bits per heavy atom. The van der Waals surface area contributed by atoms with Crippen LogP contribution in [0.3, 0.4) is 0 Å². The van der Waals surface area contributed by atoms with Gasteiger partial charge in [0.15, 0.2) is 0 Å². The first-order chi connectivity index (χ1) is 14.9. The molecule has 1 aliphatic rings. The van der Waals surface area contributed by atoms with Gasteiger partial charge in [-0.2, -0.15) is 4.31 Å². The summed E-state index contributed by atoms with van der Waals surface area (Å²) in [5.41, 5.74) is 0.927. The molecule has 1 fully saturated rings. The van der Waals surface area contributed by atoms with E-state index in [1.807, 2.05) is 41.3 Å². The van der Waals surface area contributed by atoms with Crippen LogP contribution in [0.5, 0.6) is 0 Å². The summed E-state index contributed by atoms with van der Waals surface area (Å²) in [6, 6.07) is 16.0. The lowest BCUT2D eigenvalue weighted by atomic mass is 10.0. The summed E-state index contributed by atoms with van der Waals surface area (Å²) in [4.78, 5) is 14.7. The second kappa shape index (κ2) is 9.54. The van der Waals surface area contributed by atoms with Crippen molar-refractivity contribution in [2.24, 2.45) is 0 Å². The van der Waals surface area contributed by atoms with Crippen molar-refractivity contribution in [1.29, 1.82) is 0 Å². The van der Waals surface area contributed by atoms with Crippen molar-refractivity contribution >= 4 is 38.9 Å². The van der Waals surface area contributed by atoms with Crippen LogP contribution in [-0.2, 0) is 14.8 Å². The van der Waals surface area contributed by atoms with E-state index in [2.05, 4.69) is 5.32 Å². The summed E-state index contributed by atoms with van der Waals surface area (Å²) in [5.74, 6) is 0.511. The smallest absolute Gasteiger partial charge is 0.252 e. The van der Waals surface area contributed by atoms with Crippen LogP contribution in [0, 0.1) is 0 Å². The summed E-state index contributed by atoms with van der Waals surface area (Å²) >= 11 is 6.94. The van der Waals surface area contributed by atoms with Gasteiger partial charge in [-0.3, -0.25) is 9.69 Å². The minimum absolute atomic E-state index is 0.147. The van der Waals surface area contributed by atoms with Gasteiger partial charge in [-0.1, -0.05) is 41.9 Å². The highest BCUT2D eigenvalue weighted by molar-refractivity contribution is 7.91. The maximum atomic E-state index is 12.8. The number of nitrogens with one attached hydrogen (secondary N) is 1. The van der Waals surface area contributed by atoms with Crippen molar-refractivity contribution in [2.45, 2.75) is 10.3 Å². The molecule has 4 rings (SSSR count). The molecule has 0 radical (unpaired) electrons. The number of sulfonamides is 1. The number of benzene rings is 1. The Morgan fingerprint density at radius 3 is 2.42 bits per heavy atom. The van der Waals surface area contributed by atoms with E-state index in [-0.39, 0.29) is 22.7 Å². The number of rotatable bonds is 7. The molecular formula is C21H22ClN3O4S2. The molecule has 164 valence electrons. The molecule has 31 heavy (non-hydrogen) atoms. The fourth-order valence-corrected chi connectivity index (χ4v) is 6.58. The van der Waals surface area contributed by atoms with E-state index in [1.54, 1.807) is 18.4 Å². The number of hydrogen-bond donors (Lipinski definition) is 1. The first kappa shape index (κ1) is 22.0. The largest absolute Gasteiger partial charge is 0.467 e. The molecule has 1 aliphatic heterocycles. The normalized spacial score (nSPS) is 16.8. The molecule has 0 bridgehead atoms. The van der Waals surface area contributed by atoms with Gasteiger partial charge in [-0.15, -0.1) is 11.3 Å². The number of piperazine rings is 1. The van der Waals surface area contributed by atoms with Crippen molar-refractivity contribution in [3.8, 4) is 0 Å². The number of halogens is 1. The van der Waals surface area contributed by atoms with Gasteiger partial charge in [-0.25, -0.2) is 8.42 Å². The van der Waals surface area contributed by atoms with E-state index in [4.69, 9.17) is 16.0 Å². The van der Waals surface area contributed by atoms with E-state index >= 15 is 0 Å². The zero-order chi connectivity index (χ0) is 21.8. The highest BCUT2D eigenvalue weighted by Crippen LogP contribution is 2.28. The van der Waals surface area contributed by atoms with Crippen molar-refractivity contribution in [3.05, 3.63) is 76.5 Å². The first-order valence-corrected chi connectivity index (χ1v) is 12.4. The van der Waals surface area contributed by atoms with Gasteiger partial charge in [0.05, 0.1) is 17.1 Å². The molecule has 2 aromatic heterocycles. The van der Waals surface area contributed by atoms with Gasteiger partial charge < -0.3 is 9.73 Å². The van der Waals surface area contributed by atoms with Crippen molar-refractivity contribution in [1.82, 2.24) is 14.5 Å². The third-order valence-corrected chi connectivity index (χ3v) is 8.70. The Bertz CT molecular complexity index is 1110. The number of carbonyl (C=O) groups is 1. The van der Waals surface area contributed by atoms with Crippen LogP contribution in [0.1, 0.15) is 17.4 Å². The average molecular weight is 480 g/mol. The standard InChI is InChI=1S/C21H22ClN3O4S2/c22-18-8-9-20(30-18)31(27,28)25-12-10-24(11-13-25)15-19(26)23-21(17-7-4-14-29-17)16-5-2-1-3-6-16/h1-9,14,21H,10-13,15H2,(H,23,26)/t21-/m1/s1. The number of amides is 1. The number of carbonyl (C=O) groups excluding carboxylic acids is 1. The van der Waals surface area contributed by atoms with Gasteiger partial charge in [0.1, 0.15) is 16.0 Å². The molecule has 0 saturated carbocycles. The Kier molecular flexibility index (Phi) is 6.78. The van der Waals surface area contributed by atoms with Gasteiger partial charge in [-0.05, 0) is 29.8 Å². The quantitative estimate of drug-likeness (QED) is 0.562. The van der Waals surface area contributed by atoms with Crippen LogP contribution in [0.2, 0.25) is 4.34 Å². The zero-order valence-corrected chi connectivity index (χ0v) is 19.0. The minimum Gasteiger partial charge on any atom is -0.467 e. The average Bonchev–Trinajstić information content (AvgIpc) is 3.45. The molecule has 0 unspecified atom stereocenters. The lowest BCUT2D eigenvalue weighted by Crippen LogP contribution is -2.51. The lowest BCUT2D eigenvalue weighted by Gasteiger charge is -2.33. The molecule has 7 nitrogen and oxygen atoms in total. The van der Waals surface area contributed by atoms with E-state index in [0.29, 0.717) is 36.3 Å². The second-order valence-electron chi connectivity index (χ2n) is 7.17. The van der Waals surface area contributed by atoms with E-state index in [0.717, 1.165) is 16.9 Å². The highest BCUT2D eigenvalue weighted by Gasteiger charge is 2.30. The van der Waals surface area contributed by atoms with Crippen LogP contribution >= 0.6 is 22.9 Å². The molecule has 1 atom stereocenters. The Balaban J connectivity index is 1.35. The van der Waals surface area contributed by atoms with Crippen LogP contribution < -0.4 is 5.32 Å². The Labute approximate surface area is 190 Å². The summed E-state index contributed by atoms with van der Waals surface area (Å²) in [6.07, 6.45) is 1.58. The number of hydrogen-bond acceptors (Lipinski definition) is 6. The third-order valence-electron chi connectivity index (χ3n) is 5.11. The molecule has 0 spiro atoms. The van der Waals surface area contributed by atoms with Crippen LogP contribution in [0.25, 0.3) is 0 Å². The molecule has 1 amide bonds. The number of thiophene rings is 1. The van der Waals surface area contributed by atoms with Crippen LogP contribution in [-0.4, -0.2) is 56.3 Å². The van der Waals surface area contributed by atoms with Crippen molar-refractivity contribution < 1.29 is 17.6 Å². The lowest BCUT2D eigenvalue weighted by molar-refractivity contribution is -0.123. The summed E-state index contributed by atoms with van der Waals surface area (Å²) in [6.45, 7) is 1.78. The van der Waals surface area contributed by atoms with Gasteiger partial charge in [0, 0.05) is 26.2 Å². The first-order valence-electron chi connectivity index (χ1n) is 9.79. The summed E-state index contributed by atoms with van der Waals surface area (Å²) < 4.78 is 33.1. The monoisotopic (exact) mass is 479 g/mol. The molecular weight excluding hydrogens is 458 g/mol. The SMILES string of the molecule is O=C(CN1CCN(S(=O)(=O)c2ccc(Cl)s2)CC1)N[C@H](c1ccccc1)c1ccco1. The van der Waals surface area contributed by atoms with Crippen molar-refractivity contribution in [2.75, 3.05) is 32.7 Å². The molecule has 10 heteroatoms. The zero-order valence-electron chi connectivity index (χ0n) is 16.6. The summed E-state index contributed by atoms with van der Waals surface area (Å²) in [7, 11) is -3.55. The van der Waals surface area contributed by atoms with Gasteiger partial charge >= 0.3 is 0 Å². The second-order valence-corrected chi connectivity index (χ2v) is 11.0. The molecule has 3 heterocycles. The van der Waals surface area contributed by atoms with E-state index in [9.17, 15) is 13.2 Å². The van der Waals surface area contributed by atoms with Gasteiger partial charge in [0.2, 0.25) is 5.91 Å². The number of furan rings is 1. The van der Waals surface area contributed by atoms with E-state index < -0.39 is 10.0 Å². The van der Waals surface area contributed by atoms with Gasteiger partial charge in [0.25, 0.3) is 10.0 Å². The topological polar surface area (TPSA) is 82.9 Å². The summed E-state index contributed by atoms with van der Waals surface area (Å²) in [5, 5.41) is 3.03. The molecule has 1 aromatic carbocycles. The minimum atomic E-state index is -3.55. The van der Waals surface area contributed by atoms with Crippen LogP contribution in [0.15, 0.2) is 69.5 Å². The third kappa shape index (κ3) is 5.19. The number of nitrogens with zero attached hydrogens (tertiary/aromatic N) is 2. The van der Waals surface area contributed by atoms with Crippen molar-refractivity contribution in [3.63, 3.8) is 0 Å². The van der Waals surface area contributed by atoms with E-state index in [1.165, 1.54) is 10.4 Å². The molecule has 1 saturated heterocycles. The predicted octanol–water partition coefficient (Wildman–Crippen LogP) is 3.21. The maximum Gasteiger partial charge on any atom is 0.252 e. The Hall–Kier alpha value is -2.17. The molecule has 0 aliphatic carbocycles. The fraction of sp³-hybridized carbons (Fsp3) is 0.286. The highest BCUT2D eigenvalue weighted by atomic mass is 35.5. The fourth-order valence-electron chi connectivity index (χ4n) is 3.52. The Morgan fingerprint density at radius 1 is 1.06 bits per heavy atom. The predicted molar refractivity (Wildman–Crippen MR) is 120 cm³/mol. The molecule has 1 N–H and O–H groups in total. The maximum absolute atomic E-state index is 12.8. The van der Waals surface area contributed by atoms with Crippen LogP contribution in [0.4, 0.5) is 0 Å². The molecule has 3 aromatic rings.